The number of aromatic nitrogens is 3. The minimum Gasteiger partial charge on any atom is -0.384 e. The van der Waals surface area contributed by atoms with Crippen LogP contribution in [-0.4, -0.2) is 32.3 Å². The number of benzene rings is 1. The van der Waals surface area contributed by atoms with Gasteiger partial charge in [-0.05, 0) is 22.4 Å². The van der Waals surface area contributed by atoms with Gasteiger partial charge in [-0.3, -0.25) is 0 Å². The van der Waals surface area contributed by atoms with Gasteiger partial charge < -0.3 is 15.1 Å². The smallest absolute Gasteiger partial charge is 0.375 e. The molecule has 0 saturated carbocycles. The second kappa shape index (κ2) is 8.79. The number of carbonyl (C=O) groups excluding carboxylic acids is 1. The Morgan fingerprint density at radius 2 is 1.97 bits per heavy atom. The third-order valence-corrected chi connectivity index (χ3v) is 6.07. The molecule has 152 valence electrons. The topological polar surface area (TPSA) is 95.4 Å². The first-order chi connectivity index (χ1) is 13.8. The average Bonchev–Trinajstić information content (AvgIpc) is 3.34. The molecule has 3 aromatic rings. The highest BCUT2D eigenvalue weighted by atomic mass is 32.2. The molecule has 0 aliphatic carbocycles. The molecule has 0 spiro atoms. The third kappa shape index (κ3) is 5.24. The van der Waals surface area contributed by atoms with E-state index in [2.05, 4.69) is 60.4 Å². The number of nitrogens with zero attached hydrogens (tertiary/aromatic N) is 4. The number of hydrogen-bond acceptors (Lipinski definition) is 7. The molecule has 0 unspecified atom stereocenters. The van der Waals surface area contributed by atoms with Crippen molar-refractivity contribution in [1.29, 1.82) is 0 Å². The zero-order valence-corrected chi connectivity index (χ0v) is 18.4. The highest BCUT2D eigenvalue weighted by Gasteiger charge is 2.16. The summed E-state index contributed by atoms with van der Waals surface area (Å²) in [5.74, 6) is 0.770. The van der Waals surface area contributed by atoms with Crippen molar-refractivity contribution in [1.82, 2.24) is 14.8 Å². The first-order valence-corrected chi connectivity index (χ1v) is 10.8. The fraction of sp³-hybridized carbons (Fsp3) is 0.300. The number of thioether (sulfide) groups is 1. The van der Waals surface area contributed by atoms with Crippen LogP contribution < -0.4 is 5.73 Å². The summed E-state index contributed by atoms with van der Waals surface area (Å²) in [6, 6.07) is 11.8. The molecule has 0 fully saturated rings. The Morgan fingerprint density at radius 3 is 2.59 bits per heavy atom. The van der Waals surface area contributed by atoms with Crippen LogP contribution in [0.25, 0.3) is 11.4 Å². The molecule has 1 aromatic carbocycles. The Kier molecular flexibility index (Phi) is 6.39. The van der Waals surface area contributed by atoms with Gasteiger partial charge in [-0.1, -0.05) is 68.0 Å². The van der Waals surface area contributed by atoms with Crippen molar-refractivity contribution < 1.29 is 9.63 Å². The third-order valence-electron chi connectivity index (χ3n) is 4.16. The molecule has 2 aromatic heterocycles. The van der Waals surface area contributed by atoms with E-state index < -0.39 is 5.97 Å². The summed E-state index contributed by atoms with van der Waals surface area (Å²) in [4.78, 5) is 17.1. The zero-order chi connectivity index (χ0) is 21.0. The molecule has 0 aliphatic rings. The predicted molar refractivity (Wildman–Crippen MR) is 117 cm³/mol. The SMILES string of the molecule is Cn1c(SC/C(N)=N\OC(=O)c2cccs2)nnc1-c1ccc(C(C)(C)C)cc1. The zero-order valence-electron chi connectivity index (χ0n) is 16.7. The van der Waals surface area contributed by atoms with Crippen molar-refractivity contribution in [3.8, 4) is 11.4 Å². The molecule has 0 radical (unpaired) electrons. The van der Waals surface area contributed by atoms with E-state index in [1.165, 1.54) is 28.7 Å². The number of hydrogen-bond donors (Lipinski definition) is 1. The summed E-state index contributed by atoms with van der Waals surface area (Å²) in [6.07, 6.45) is 0. The van der Waals surface area contributed by atoms with Crippen LogP contribution in [0.3, 0.4) is 0 Å². The maximum Gasteiger partial charge on any atom is 0.375 e. The molecule has 0 amide bonds. The van der Waals surface area contributed by atoms with Gasteiger partial charge in [0.25, 0.3) is 0 Å². The number of rotatable bonds is 6. The first-order valence-electron chi connectivity index (χ1n) is 8.96. The summed E-state index contributed by atoms with van der Waals surface area (Å²) in [7, 11) is 1.90. The molecular formula is C20H23N5O2S2. The summed E-state index contributed by atoms with van der Waals surface area (Å²) in [5, 5.41) is 14.7. The van der Waals surface area contributed by atoms with Gasteiger partial charge in [0.1, 0.15) is 4.88 Å². The quantitative estimate of drug-likeness (QED) is 0.209. The molecule has 2 N–H and O–H groups in total. The molecular weight excluding hydrogens is 406 g/mol. The van der Waals surface area contributed by atoms with Crippen LogP contribution in [0.5, 0.6) is 0 Å². The van der Waals surface area contributed by atoms with E-state index in [1.54, 1.807) is 17.5 Å². The van der Waals surface area contributed by atoms with Gasteiger partial charge in [0.15, 0.2) is 16.8 Å². The summed E-state index contributed by atoms with van der Waals surface area (Å²) < 4.78 is 1.90. The Hall–Kier alpha value is -2.65. The highest BCUT2D eigenvalue weighted by Crippen LogP contribution is 2.27. The summed E-state index contributed by atoms with van der Waals surface area (Å²) in [5.41, 5.74) is 8.20. The van der Waals surface area contributed by atoms with E-state index in [9.17, 15) is 4.79 Å². The van der Waals surface area contributed by atoms with Gasteiger partial charge in [-0.2, -0.15) is 0 Å². The summed E-state index contributed by atoms with van der Waals surface area (Å²) in [6.45, 7) is 6.55. The monoisotopic (exact) mass is 429 g/mol. The van der Waals surface area contributed by atoms with E-state index in [-0.39, 0.29) is 11.3 Å². The lowest BCUT2D eigenvalue weighted by molar-refractivity contribution is 0.0521. The molecule has 0 aliphatic heterocycles. The molecule has 0 saturated heterocycles. The van der Waals surface area contributed by atoms with Gasteiger partial charge >= 0.3 is 5.97 Å². The fourth-order valence-electron chi connectivity index (χ4n) is 2.52. The number of amidine groups is 1. The van der Waals surface area contributed by atoms with Gasteiger partial charge in [0.2, 0.25) is 0 Å². The lowest BCUT2D eigenvalue weighted by atomic mass is 9.87. The van der Waals surface area contributed by atoms with Crippen LogP contribution in [0.4, 0.5) is 0 Å². The van der Waals surface area contributed by atoms with Crippen molar-refractivity contribution >= 4 is 34.9 Å². The number of carbonyl (C=O) groups is 1. The van der Waals surface area contributed by atoms with E-state index in [0.717, 1.165) is 11.4 Å². The van der Waals surface area contributed by atoms with Crippen LogP contribution in [0.1, 0.15) is 36.0 Å². The van der Waals surface area contributed by atoms with Crippen LogP contribution in [0, 0.1) is 0 Å². The Balaban J connectivity index is 1.62. The Bertz CT molecular complexity index is 1000. The van der Waals surface area contributed by atoms with Gasteiger partial charge in [0.05, 0.1) is 5.75 Å². The lowest BCUT2D eigenvalue weighted by Crippen LogP contribution is -2.16. The molecule has 7 nitrogen and oxygen atoms in total. The molecule has 29 heavy (non-hydrogen) atoms. The largest absolute Gasteiger partial charge is 0.384 e. The van der Waals surface area contributed by atoms with Gasteiger partial charge in [-0.15, -0.1) is 21.5 Å². The molecule has 2 heterocycles. The maximum absolute atomic E-state index is 11.8. The van der Waals surface area contributed by atoms with E-state index in [1.807, 2.05) is 11.6 Å². The predicted octanol–water partition coefficient (Wildman–Crippen LogP) is 4.06. The number of oxime groups is 1. The molecule has 9 heteroatoms. The second-order valence-electron chi connectivity index (χ2n) is 7.42. The molecule has 0 atom stereocenters. The van der Waals surface area contributed by atoms with E-state index in [0.29, 0.717) is 15.8 Å². The first kappa shape index (κ1) is 21.1. The summed E-state index contributed by atoms with van der Waals surface area (Å²) >= 11 is 2.66. The minimum absolute atomic E-state index is 0.100. The molecule has 3 rings (SSSR count). The van der Waals surface area contributed by atoms with Crippen molar-refractivity contribution in [3.63, 3.8) is 0 Å². The minimum atomic E-state index is -0.521. The van der Waals surface area contributed by atoms with Crippen LogP contribution in [0.2, 0.25) is 0 Å². The van der Waals surface area contributed by atoms with Crippen molar-refractivity contribution in [2.24, 2.45) is 17.9 Å². The van der Waals surface area contributed by atoms with Crippen molar-refractivity contribution in [2.45, 2.75) is 31.3 Å². The Morgan fingerprint density at radius 1 is 1.24 bits per heavy atom. The van der Waals surface area contributed by atoms with Crippen LogP contribution in [-0.2, 0) is 17.3 Å². The van der Waals surface area contributed by atoms with E-state index >= 15 is 0 Å². The normalized spacial score (nSPS) is 12.2. The highest BCUT2D eigenvalue weighted by molar-refractivity contribution is 7.99. The number of thiophene rings is 1. The maximum atomic E-state index is 11.8. The fourth-order valence-corrected chi connectivity index (χ4v) is 3.82. The number of nitrogens with two attached hydrogens (primary N) is 1. The Labute approximate surface area is 178 Å². The van der Waals surface area contributed by atoms with Crippen molar-refractivity contribution in [2.75, 3.05) is 5.75 Å². The van der Waals surface area contributed by atoms with Crippen molar-refractivity contribution in [3.05, 3.63) is 52.2 Å². The van der Waals surface area contributed by atoms with Crippen LogP contribution >= 0.6 is 23.1 Å². The van der Waals surface area contributed by atoms with Gasteiger partial charge in [0, 0.05) is 12.6 Å². The lowest BCUT2D eigenvalue weighted by Gasteiger charge is -2.19. The standard InChI is InChI=1S/C20H23N5O2S2/c1-20(2,3)14-9-7-13(8-10-14)17-22-23-19(25(17)4)29-12-16(21)24-27-18(26)15-6-5-11-28-15/h5-11H,12H2,1-4H3,(H2,21,24). The van der Waals surface area contributed by atoms with Gasteiger partial charge in [-0.25, -0.2) is 4.79 Å². The average molecular weight is 430 g/mol. The molecule has 0 bridgehead atoms. The van der Waals surface area contributed by atoms with Crippen LogP contribution in [0.15, 0.2) is 52.1 Å². The van der Waals surface area contributed by atoms with E-state index in [4.69, 9.17) is 10.6 Å². The second-order valence-corrected chi connectivity index (χ2v) is 9.31.